The van der Waals surface area contributed by atoms with Gasteiger partial charge in [0.1, 0.15) is 17.8 Å². The molecule has 0 radical (unpaired) electrons. The molecule has 0 fully saturated rings. The number of nitrogens with zero attached hydrogens (tertiary/aromatic N) is 3. The lowest BCUT2D eigenvalue weighted by molar-refractivity contribution is -0.122. The first-order valence-corrected chi connectivity index (χ1v) is 8.32. The average molecular weight is 373 g/mol. The van der Waals surface area contributed by atoms with Crippen LogP contribution in [0.3, 0.4) is 0 Å². The van der Waals surface area contributed by atoms with Gasteiger partial charge in [0.05, 0.1) is 18.5 Å². The molecule has 26 heavy (non-hydrogen) atoms. The van der Waals surface area contributed by atoms with Gasteiger partial charge in [-0.25, -0.2) is 4.68 Å². The van der Waals surface area contributed by atoms with Crippen molar-refractivity contribution in [1.29, 1.82) is 0 Å². The Morgan fingerprint density at radius 3 is 2.69 bits per heavy atom. The maximum absolute atomic E-state index is 12.5. The van der Waals surface area contributed by atoms with Crippen LogP contribution in [0.15, 0.2) is 47.3 Å². The molecule has 7 nitrogen and oxygen atoms in total. The van der Waals surface area contributed by atoms with E-state index in [1.54, 1.807) is 19.2 Å². The lowest BCUT2D eigenvalue weighted by Gasteiger charge is -2.15. The van der Waals surface area contributed by atoms with Gasteiger partial charge in [-0.2, -0.15) is 0 Å². The maximum Gasteiger partial charge on any atom is 0.278 e. The summed E-state index contributed by atoms with van der Waals surface area (Å²) in [6.45, 7) is 1.63. The molecule has 0 saturated carbocycles. The quantitative estimate of drug-likeness (QED) is 0.742. The van der Waals surface area contributed by atoms with Crippen LogP contribution in [-0.4, -0.2) is 28.0 Å². The van der Waals surface area contributed by atoms with E-state index in [1.807, 2.05) is 31.2 Å². The number of benzene rings is 2. The summed E-state index contributed by atoms with van der Waals surface area (Å²) in [4.78, 5) is 24.7. The van der Waals surface area contributed by atoms with Crippen molar-refractivity contribution in [2.24, 2.45) is 0 Å². The molecule has 0 spiro atoms. The second-order valence-electron chi connectivity index (χ2n) is 5.78. The Morgan fingerprint density at radius 2 is 2.00 bits per heavy atom. The van der Waals surface area contributed by atoms with Crippen molar-refractivity contribution in [3.8, 4) is 5.75 Å². The van der Waals surface area contributed by atoms with E-state index in [4.69, 9.17) is 16.3 Å². The van der Waals surface area contributed by atoms with E-state index >= 15 is 0 Å². The van der Waals surface area contributed by atoms with Crippen molar-refractivity contribution in [3.05, 3.63) is 63.4 Å². The molecule has 8 heteroatoms. The van der Waals surface area contributed by atoms with Crippen molar-refractivity contribution in [1.82, 2.24) is 20.3 Å². The summed E-state index contributed by atoms with van der Waals surface area (Å²) in [5, 5.41) is 11.3. The highest BCUT2D eigenvalue weighted by atomic mass is 35.5. The number of carbonyl (C=O) groups excluding carboxylic acids is 1. The van der Waals surface area contributed by atoms with Crippen LogP contribution >= 0.6 is 11.6 Å². The summed E-state index contributed by atoms with van der Waals surface area (Å²) in [6.07, 6.45) is 0. The second-order valence-corrected chi connectivity index (χ2v) is 6.21. The zero-order chi connectivity index (χ0) is 18.7. The largest absolute Gasteiger partial charge is 0.497 e. The normalized spacial score (nSPS) is 12.0. The van der Waals surface area contributed by atoms with Crippen molar-refractivity contribution in [3.63, 3.8) is 0 Å². The standard InChI is InChI=1S/C18H17ClN4O3/c1-11(12-3-6-14(26-2)7-4-12)20-17(24)10-23-18(25)15-9-13(19)5-8-16(15)21-22-23/h3-9,11H,10H2,1-2H3,(H,20,24)/t11-/m0/s1. The number of carbonyl (C=O) groups is 1. The minimum absolute atomic E-state index is 0.227. The van der Waals surface area contributed by atoms with Gasteiger partial charge in [-0.3, -0.25) is 9.59 Å². The summed E-state index contributed by atoms with van der Waals surface area (Å²) in [7, 11) is 1.59. The predicted molar refractivity (Wildman–Crippen MR) is 98.4 cm³/mol. The molecule has 0 bridgehead atoms. The van der Waals surface area contributed by atoms with E-state index in [2.05, 4.69) is 15.6 Å². The smallest absolute Gasteiger partial charge is 0.278 e. The minimum Gasteiger partial charge on any atom is -0.497 e. The van der Waals surface area contributed by atoms with Gasteiger partial charge >= 0.3 is 0 Å². The number of hydrogen-bond donors (Lipinski definition) is 1. The van der Waals surface area contributed by atoms with Crippen molar-refractivity contribution in [2.45, 2.75) is 19.5 Å². The molecule has 2 aromatic carbocycles. The molecular formula is C18H17ClN4O3. The van der Waals surface area contributed by atoms with E-state index in [9.17, 15) is 9.59 Å². The molecule has 0 saturated heterocycles. The van der Waals surface area contributed by atoms with Gasteiger partial charge in [0.25, 0.3) is 5.56 Å². The van der Waals surface area contributed by atoms with Gasteiger partial charge in [0.15, 0.2) is 0 Å². The molecule has 0 unspecified atom stereocenters. The van der Waals surface area contributed by atoms with Gasteiger partial charge in [-0.05, 0) is 42.8 Å². The lowest BCUT2D eigenvalue weighted by atomic mass is 10.1. The highest BCUT2D eigenvalue weighted by molar-refractivity contribution is 6.31. The van der Waals surface area contributed by atoms with Gasteiger partial charge in [-0.15, -0.1) is 5.10 Å². The molecule has 0 aliphatic heterocycles. The monoisotopic (exact) mass is 372 g/mol. The Labute approximate surface area is 154 Å². The van der Waals surface area contributed by atoms with Gasteiger partial charge in [0, 0.05) is 5.02 Å². The fourth-order valence-corrected chi connectivity index (χ4v) is 2.72. The molecule has 1 N–H and O–H groups in total. The van der Waals surface area contributed by atoms with Crippen molar-refractivity contribution < 1.29 is 9.53 Å². The van der Waals surface area contributed by atoms with Crippen LogP contribution in [0.1, 0.15) is 18.5 Å². The molecule has 0 aliphatic carbocycles. The zero-order valence-corrected chi connectivity index (χ0v) is 15.0. The number of hydrogen-bond acceptors (Lipinski definition) is 5. The molecule has 1 aromatic heterocycles. The van der Waals surface area contributed by atoms with Crippen LogP contribution in [0.25, 0.3) is 10.9 Å². The summed E-state index contributed by atoms with van der Waals surface area (Å²) >= 11 is 5.92. The van der Waals surface area contributed by atoms with Crippen LogP contribution < -0.4 is 15.6 Å². The first-order valence-electron chi connectivity index (χ1n) is 7.94. The van der Waals surface area contributed by atoms with E-state index in [0.717, 1.165) is 16.0 Å². The van der Waals surface area contributed by atoms with E-state index in [1.165, 1.54) is 6.07 Å². The summed E-state index contributed by atoms with van der Waals surface area (Å²) in [5.41, 5.74) is 0.940. The summed E-state index contributed by atoms with van der Waals surface area (Å²) in [6, 6.07) is 11.9. The van der Waals surface area contributed by atoms with Crippen LogP contribution in [-0.2, 0) is 11.3 Å². The molecule has 0 aliphatic rings. The van der Waals surface area contributed by atoms with Crippen LogP contribution in [0.2, 0.25) is 5.02 Å². The Kier molecular flexibility index (Phi) is 5.18. The Hall–Kier alpha value is -2.93. The number of fused-ring (bicyclic) bond motifs is 1. The average Bonchev–Trinajstić information content (AvgIpc) is 2.64. The minimum atomic E-state index is -0.412. The van der Waals surface area contributed by atoms with Crippen molar-refractivity contribution >= 4 is 28.4 Å². The van der Waals surface area contributed by atoms with Crippen LogP contribution in [0.4, 0.5) is 0 Å². The Morgan fingerprint density at radius 1 is 1.27 bits per heavy atom. The molecule has 1 heterocycles. The van der Waals surface area contributed by atoms with Crippen LogP contribution in [0.5, 0.6) is 5.75 Å². The van der Waals surface area contributed by atoms with Crippen molar-refractivity contribution in [2.75, 3.05) is 7.11 Å². The highest BCUT2D eigenvalue weighted by Crippen LogP contribution is 2.17. The number of amides is 1. The molecule has 3 rings (SSSR count). The summed E-state index contributed by atoms with van der Waals surface area (Å²) < 4.78 is 6.14. The fourth-order valence-electron chi connectivity index (χ4n) is 2.55. The van der Waals surface area contributed by atoms with E-state index in [0.29, 0.717) is 15.9 Å². The Balaban J connectivity index is 1.74. The third kappa shape index (κ3) is 3.83. The Bertz CT molecular complexity index is 1000. The lowest BCUT2D eigenvalue weighted by Crippen LogP contribution is -2.35. The topological polar surface area (TPSA) is 86.1 Å². The van der Waals surface area contributed by atoms with Gasteiger partial charge < -0.3 is 10.1 Å². The first kappa shape index (κ1) is 17.9. The van der Waals surface area contributed by atoms with E-state index < -0.39 is 5.56 Å². The number of methoxy groups -OCH3 is 1. The van der Waals surface area contributed by atoms with E-state index in [-0.39, 0.29) is 18.5 Å². The number of aromatic nitrogens is 3. The third-order valence-electron chi connectivity index (χ3n) is 3.97. The first-order chi connectivity index (χ1) is 12.5. The number of nitrogens with one attached hydrogen (secondary N) is 1. The molecule has 1 atom stereocenters. The summed E-state index contributed by atoms with van der Waals surface area (Å²) in [5.74, 6) is 0.398. The molecule has 1 amide bonds. The number of halogens is 1. The molecule has 3 aromatic rings. The predicted octanol–water partition coefficient (Wildman–Crippen LogP) is 2.33. The molecular weight excluding hydrogens is 356 g/mol. The number of ether oxygens (including phenoxy) is 1. The fraction of sp³-hybridized carbons (Fsp3) is 0.222. The number of rotatable bonds is 5. The SMILES string of the molecule is COc1ccc([C@H](C)NC(=O)Cn2nnc3ccc(Cl)cc3c2=O)cc1. The highest BCUT2D eigenvalue weighted by Gasteiger charge is 2.13. The zero-order valence-electron chi connectivity index (χ0n) is 14.3. The van der Waals surface area contributed by atoms with Crippen LogP contribution in [0, 0.1) is 0 Å². The molecule has 134 valence electrons. The maximum atomic E-state index is 12.5. The third-order valence-corrected chi connectivity index (χ3v) is 4.21. The van der Waals surface area contributed by atoms with Gasteiger partial charge in [-0.1, -0.05) is 28.9 Å². The van der Waals surface area contributed by atoms with Gasteiger partial charge in [0.2, 0.25) is 5.91 Å². The second kappa shape index (κ2) is 7.53.